The number of imidazole rings is 1. The van der Waals surface area contributed by atoms with Crippen molar-refractivity contribution in [2.24, 2.45) is 5.92 Å². The van der Waals surface area contributed by atoms with Gasteiger partial charge in [0.15, 0.2) is 0 Å². The fourth-order valence-electron chi connectivity index (χ4n) is 3.39. The summed E-state index contributed by atoms with van der Waals surface area (Å²) in [6.45, 7) is 0.515. The minimum absolute atomic E-state index is 0.0900. The highest BCUT2D eigenvalue weighted by molar-refractivity contribution is 9.10. The maximum absolute atomic E-state index is 14.3. The predicted molar refractivity (Wildman–Crippen MR) is 110 cm³/mol. The highest BCUT2D eigenvalue weighted by atomic mass is 79.9. The minimum atomic E-state index is -0.440. The van der Waals surface area contributed by atoms with E-state index in [1.165, 1.54) is 12.4 Å². The molecule has 0 spiro atoms. The normalized spacial score (nSPS) is 16.3. The molecule has 3 aromatic rings. The SMILES string of the molecule is O=C(NCc1ccc(-n2ccnc2)c(F)c1)C1CC(=O)N(c2ccccc2Br)C1. The van der Waals surface area contributed by atoms with Gasteiger partial charge in [-0.2, -0.15) is 0 Å². The molecule has 2 amide bonds. The van der Waals surface area contributed by atoms with E-state index in [0.717, 1.165) is 10.2 Å². The Balaban J connectivity index is 1.38. The van der Waals surface area contributed by atoms with Gasteiger partial charge >= 0.3 is 0 Å². The third kappa shape index (κ3) is 4.07. The van der Waals surface area contributed by atoms with Crippen LogP contribution in [0.3, 0.4) is 0 Å². The summed E-state index contributed by atoms with van der Waals surface area (Å²) in [5, 5.41) is 2.81. The molecular formula is C21H18BrFN4O2. The molecule has 1 saturated heterocycles. The van der Waals surface area contributed by atoms with Crippen molar-refractivity contribution in [3.8, 4) is 5.69 Å². The molecule has 1 unspecified atom stereocenters. The van der Waals surface area contributed by atoms with Crippen LogP contribution in [0.1, 0.15) is 12.0 Å². The first-order valence-electron chi connectivity index (χ1n) is 9.12. The van der Waals surface area contributed by atoms with Crippen LogP contribution in [0.4, 0.5) is 10.1 Å². The van der Waals surface area contributed by atoms with E-state index in [0.29, 0.717) is 17.8 Å². The molecule has 6 nitrogen and oxygen atoms in total. The fraction of sp³-hybridized carbons (Fsp3) is 0.190. The van der Waals surface area contributed by atoms with E-state index in [2.05, 4.69) is 26.2 Å². The number of para-hydroxylation sites is 1. The molecule has 1 aliphatic rings. The summed E-state index contributed by atoms with van der Waals surface area (Å²) in [5.74, 6) is -1.14. The van der Waals surface area contributed by atoms with Crippen LogP contribution in [0, 0.1) is 11.7 Å². The number of rotatable bonds is 5. The first-order chi connectivity index (χ1) is 14.0. The fourth-order valence-corrected chi connectivity index (χ4v) is 3.89. The van der Waals surface area contributed by atoms with E-state index >= 15 is 0 Å². The molecule has 8 heteroatoms. The van der Waals surface area contributed by atoms with Gasteiger partial charge in [0.05, 0.1) is 23.6 Å². The number of nitrogens with zero attached hydrogens (tertiary/aromatic N) is 3. The van der Waals surface area contributed by atoms with E-state index in [4.69, 9.17) is 0 Å². The van der Waals surface area contributed by atoms with Gasteiger partial charge in [-0.15, -0.1) is 0 Å². The van der Waals surface area contributed by atoms with Crippen molar-refractivity contribution in [2.45, 2.75) is 13.0 Å². The number of halogens is 2. The van der Waals surface area contributed by atoms with Crippen molar-refractivity contribution in [2.75, 3.05) is 11.4 Å². The average Bonchev–Trinajstić information content (AvgIpc) is 3.37. The number of hydrogen-bond acceptors (Lipinski definition) is 3. The van der Waals surface area contributed by atoms with Crippen LogP contribution in [-0.4, -0.2) is 27.9 Å². The van der Waals surface area contributed by atoms with Gasteiger partial charge in [-0.25, -0.2) is 9.37 Å². The molecule has 1 atom stereocenters. The molecule has 148 valence electrons. The molecule has 0 bridgehead atoms. The average molecular weight is 457 g/mol. The molecule has 1 aliphatic heterocycles. The second-order valence-electron chi connectivity index (χ2n) is 6.83. The Morgan fingerprint density at radius 3 is 2.79 bits per heavy atom. The van der Waals surface area contributed by atoms with Gasteiger partial charge < -0.3 is 14.8 Å². The van der Waals surface area contributed by atoms with E-state index in [-0.39, 0.29) is 24.8 Å². The quantitative estimate of drug-likeness (QED) is 0.639. The summed E-state index contributed by atoms with van der Waals surface area (Å²) < 4.78 is 16.7. The van der Waals surface area contributed by atoms with Crippen LogP contribution in [0.5, 0.6) is 0 Å². The van der Waals surface area contributed by atoms with Crippen LogP contribution in [0.25, 0.3) is 5.69 Å². The number of carbonyl (C=O) groups is 2. The lowest BCUT2D eigenvalue weighted by atomic mass is 10.1. The second-order valence-corrected chi connectivity index (χ2v) is 7.68. The van der Waals surface area contributed by atoms with Crippen LogP contribution in [0.15, 0.2) is 65.7 Å². The highest BCUT2D eigenvalue weighted by Gasteiger charge is 2.35. The Morgan fingerprint density at radius 2 is 2.07 bits per heavy atom. The summed E-state index contributed by atoms with van der Waals surface area (Å²) >= 11 is 3.44. The van der Waals surface area contributed by atoms with E-state index in [1.807, 2.05) is 24.3 Å². The number of amides is 2. The molecule has 1 fully saturated rings. The van der Waals surface area contributed by atoms with Gasteiger partial charge in [0, 0.05) is 36.4 Å². The van der Waals surface area contributed by atoms with E-state index in [1.54, 1.807) is 34.0 Å². The topological polar surface area (TPSA) is 67.2 Å². The maximum Gasteiger partial charge on any atom is 0.227 e. The zero-order chi connectivity index (χ0) is 20.4. The van der Waals surface area contributed by atoms with Crippen molar-refractivity contribution in [3.05, 3.63) is 77.0 Å². The Morgan fingerprint density at radius 1 is 1.24 bits per heavy atom. The van der Waals surface area contributed by atoms with Crippen LogP contribution in [-0.2, 0) is 16.1 Å². The van der Waals surface area contributed by atoms with Gasteiger partial charge in [0.25, 0.3) is 0 Å². The lowest BCUT2D eigenvalue weighted by Crippen LogP contribution is -2.32. The maximum atomic E-state index is 14.3. The molecule has 2 heterocycles. The third-order valence-corrected chi connectivity index (χ3v) is 5.57. The number of anilines is 1. The Hall–Kier alpha value is -3.00. The van der Waals surface area contributed by atoms with Crippen molar-refractivity contribution in [1.29, 1.82) is 0 Å². The largest absolute Gasteiger partial charge is 0.352 e. The first kappa shape index (κ1) is 19.3. The van der Waals surface area contributed by atoms with Gasteiger partial charge in [0.2, 0.25) is 11.8 Å². The highest BCUT2D eigenvalue weighted by Crippen LogP contribution is 2.31. The molecule has 29 heavy (non-hydrogen) atoms. The second kappa shape index (κ2) is 8.16. The van der Waals surface area contributed by atoms with Crippen molar-refractivity contribution < 1.29 is 14.0 Å². The summed E-state index contributed by atoms with van der Waals surface area (Å²) in [4.78, 5) is 30.5. The summed E-state index contributed by atoms with van der Waals surface area (Å²) in [6, 6.07) is 12.2. The smallest absolute Gasteiger partial charge is 0.227 e. The molecule has 1 aromatic heterocycles. The zero-order valence-corrected chi connectivity index (χ0v) is 17.0. The Kier molecular flexibility index (Phi) is 5.44. The van der Waals surface area contributed by atoms with Crippen LogP contribution < -0.4 is 10.2 Å². The lowest BCUT2D eigenvalue weighted by molar-refractivity contribution is -0.126. The zero-order valence-electron chi connectivity index (χ0n) is 15.4. The lowest BCUT2D eigenvalue weighted by Gasteiger charge is -2.18. The van der Waals surface area contributed by atoms with Crippen molar-refractivity contribution in [1.82, 2.24) is 14.9 Å². The predicted octanol–water partition coefficient (Wildman–Crippen LogP) is 3.44. The summed E-state index contributed by atoms with van der Waals surface area (Å²) in [7, 11) is 0. The third-order valence-electron chi connectivity index (χ3n) is 4.90. The number of nitrogens with one attached hydrogen (secondary N) is 1. The Bertz CT molecular complexity index is 1050. The molecule has 1 N–H and O–H groups in total. The first-order valence-corrected chi connectivity index (χ1v) is 9.91. The van der Waals surface area contributed by atoms with E-state index in [9.17, 15) is 14.0 Å². The Labute approximate surface area is 175 Å². The summed E-state index contributed by atoms with van der Waals surface area (Å²) in [6.07, 6.45) is 4.91. The van der Waals surface area contributed by atoms with Gasteiger partial charge in [-0.3, -0.25) is 9.59 Å². The number of aromatic nitrogens is 2. The number of hydrogen-bond donors (Lipinski definition) is 1. The van der Waals surface area contributed by atoms with Gasteiger partial charge in [-0.1, -0.05) is 18.2 Å². The standard InChI is InChI=1S/C21H18BrFN4O2/c22-16-3-1-2-4-18(16)27-12-15(10-20(27)28)21(29)25-11-14-5-6-19(17(23)9-14)26-8-7-24-13-26/h1-9,13,15H,10-12H2,(H,25,29). The van der Waals surface area contributed by atoms with Gasteiger partial charge in [0.1, 0.15) is 5.82 Å². The monoisotopic (exact) mass is 456 g/mol. The van der Waals surface area contributed by atoms with Crippen LogP contribution in [0.2, 0.25) is 0 Å². The molecule has 2 aromatic carbocycles. The summed E-state index contributed by atoms with van der Waals surface area (Å²) in [5.41, 5.74) is 1.79. The number of carbonyl (C=O) groups excluding carboxylic acids is 2. The van der Waals surface area contributed by atoms with Gasteiger partial charge in [-0.05, 0) is 45.8 Å². The van der Waals surface area contributed by atoms with Crippen molar-refractivity contribution in [3.63, 3.8) is 0 Å². The minimum Gasteiger partial charge on any atom is -0.352 e. The number of benzene rings is 2. The molecule has 0 radical (unpaired) electrons. The molecule has 4 rings (SSSR count). The van der Waals surface area contributed by atoms with E-state index < -0.39 is 11.7 Å². The molecule has 0 saturated carbocycles. The van der Waals surface area contributed by atoms with Crippen LogP contribution >= 0.6 is 15.9 Å². The van der Waals surface area contributed by atoms with Crippen molar-refractivity contribution >= 4 is 33.4 Å². The molecule has 0 aliphatic carbocycles. The molecular weight excluding hydrogens is 439 g/mol.